The van der Waals surface area contributed by atoms with Gasteiger partial charge in [-0.05, 0) is 61.4 Å². The number of aryl methyl sites for hydroxylation is 2. The van der Waals surface area contributed by atoms with Gasteiger partial charge in [0.15, 0.2) is 0 Å². The molecule has 1 unspecified atom stereocenters. The Kier molecular flexibility index (Phi) is 4.82. The van der Waals surface area contributed by atoms with E-state index in [1.165, 1.54) is 6.34 Å². The summed E-state index contributed by atoms with van der Waals surface area (Å²) in [6.45, 7) is 3.91. The maximum atomic E-state index is 9.09. The van der Waals surface area contributed by atoms with Crippen molar-refractivity contribution in [2.45, 2.75) is 20.1 Å². The van der Waals surface area contributed by atoms with Gasteiger partial charge in [0.25, 0.3) is 0 Å². The average Bonchev–Trinajstić information content (AvgIpc) is 2.66. The summed E-state index contributed by atoms with van der Waals surface area (Å²) in [7, 11) is 0. The summed E-state index contributed by atoms with van der Waals surface area (Å²) >= 11 is 0. The Bertz CT molecular complexity index is 922. The van der Waals surface area contributed by atoms with Crippen LogP contribution in [0.3, 0.4) is 0 Å². The number of hydrogen-bond acceptors (Lipinski definition) is 7. The predicted octanol–water partition coefficient (Wildman–Crippen LogP) is 3.14. The van der Waals surface area contributed by atoms with E-state index in [2.05, 4.69) is 32.9 Å². The van der Waals surface area contributed by atoms with Crippen molar-refractivity contribution < 1.29 is 0 Å². The molecular formula is C19H17N7. The molecule has 0 saturated carbocycles. The van der Waals surface area contributed by atoms with E-state index in [4.69, 9.17) is 10.5 Å². The molecular weight excluding hydrogens is 326 g/mol. The smallest absolute Gasteiger partial charge is 0.216 e. The molecule has 0 fully saturated rings. The van der Waals surface area contributed by atoms with Gasteiger partial charge >= 0.3 is 0 Å². The van der Waals surface area contributed by atoms with Crippen LogP contribution in [0.25, 0.3) is 0 Å². The summed E-state index contributed by atoms with van der Waals surface area (Å²) < 4.78 is 0. The lowest BCUT2D eigenvalue weighted by molar-refractivity contribution is 0.414. The monoisotopic (exact) mass is 343 g/mol. The maximum absolute atomic E-state index is 9.09. The molecule has 0 radical (unpaired) electrons. The molecule has 0 aromatic heterocycles. The van der Waals surface area contributed by atoms with Crippen LogP contribution in [-0.2, 0) is 0 Å². The van der Waals surface area contributed by atoms with Crippen molar-refractivity contribution in [2.75, 3.05) is 10.7 Å². The van der Waals surface area contributed by atoms with Crippen LogP contribution in [0.2, 0.25) is 0 Å². The molecule has 7 heteroatoms. The highest BCUT2D eigenvalue weighted by atomic mass is 15.6. The zero-order valence-electron chi connectivity index (χ0n) is 14.4. The highest BCUT2D eigenvalue weighted by Crippen LogP contribution is 2.24. The summed E-state index contributed by atoms with van der Waals surface area (Å²) in [5.74, 6) is 0. The van der Waals surface area contributed by atoms with Gasteiger partial charge in [-0.2, -0.15) is 10.5 Å². The van der Waals surface area contributed by atoms with E-state index in [0.29, 0.717) is 11.1 Å². The van der Waals surface area contributed by atoms with Gasteiger partial charge in [-0.25, -0.2) is 15.0 Å². The highest BCUT2D eigenvalue weighted by molar-refractivity contribution is 5.75. The first-order chi connectivity index (χ1) is 12.6. The van der Waals surface area contributed by atoms with Crippen molar-refractivity contribution in [3.63, 3.8) is 0 Å². The molecule has 0 bridgehead atoms. The Labute approximate surface area is 151 Å². The Morgan fingerprint density at radius 2 is 1.65 bits per heavy atom. The van der Waals surface area contributed by atoms with Gasteiger partial charge in [0.2, 0.25) is 6.29 Å². The Morgan fingerprint density at radius 3 is 2.27 bits per heavy atom. The second kappa shape index (κ2) is 7.37. The summed E-state index contributed by atoms with van der Waals surface area (Å²) in [6, 6.07) is 15.1. The van der Waals surface area contributed by atoms with E-state index in [0.717, 1.165) is 22.5 Å². The van der Waals surface area contributed by atoms with Crippen LogP contribution in [-0.4, -0.2) is 24.0 Å². The first kappa shape index (κ1) is 17.0. The van der Waals surface area contributed by atoms with Gasteiger partial charge in [0.05, 0.1) is 29.0 Å². The molecule has 2 N–H and O–H groups in total. The second-order valence-electron chi connectivity index (χ2n) is 5.85. The van der Waals surface area contributed by atoms with Crippen LogP contribution in [0.4, 0.5) is 11.4 Å². The van der Waals surface area contributed by atoms with E-state index in [-0.39, 0.29) is 0 Å². The molecule has 1 aliphatic rings. The van der Waals surface area contributed by atoms with Gasteiger partial charge in [0, 0.05) is 5.69 Å². The van der Waals surface area contributed by atoms with E-state index >= 15 is 0 Å². The van der Waals surface area contributed by atoms with E-state index in [9.17, 15) is 0 Å². The Hall–Kier alpha value is -3.84. The molecule has 1 aliphatic heterocycles. The third kappa shape index (κ3) is 3.63. The summed E-state index contributed by atoms with van der Waals surface area (Å²) in [5, 5.41) is 23.1. The van der Waals surface area contributed by atoms with Crippen LogP contribution in [0, 0.1) is 36.5 Å². The van der Waals surface area contributed by atoms with Crippen LogP contribution in [0.15, 0.2) is 46.4 Å². The van der Waals surface area contributed by atoms with Crippen molar-refractivity contribution in [3.05, 3.63) is 58.7 Å². The molecule has 1 atom stereocenters. The second-order valence-corrected chi connectivity index (χ2v) is 5.85. The number of hydrogen-bond donors (Lipinski definition) is 2. The summed E-state index contributed by atoms with van der Waals surface area (Å²) in [4.78, 5) is 8.44. The van der Waals surface area contributed by atoms with Crippen LogP contribution in [0.5, 0.6) is 0 Å². The third-order valence-corrected chi connectivity index (χ3v) is 3.94. The zero-order valence-corrected chi connectivity index (χ0v) is 14.4. The topological polar surface area (TPSA) is 99.6 Å². The molecule has 128 valence electrons. The van der Waals surface area contributed by atoms with Crippen molar-refractivity contribution in [1.82, 2.24) is 5.01 Å². The first-order valence-corrected chi connectivity index (χ1v) is 7.98. The predicted molar refractivity (Wildman–Crippen MR) is 102 cm³/mol. The first-order valence-electron chi connectivity index (χ1n) is 7.98. The fourth-order valence-electron chi connectivity index (χ4n) is 2.69. The largest absolute Gasteiger partial charge is 0.345 e. The van der Waals surface area contributed by atoms with Crippen molar-refractivity contribution in [1.29, 1.82) is 10.5 Å². The molecule has 0 amide bonds. The van der Waals surface area contributed by atoms with Gasteiger partial charge in [-0.3, -0.25) is 5.43 Å². The van der Waals surface area contributed by atoms with Crippen molar-refractivity contribution in [2.24, 2.45) is 9.98 Å². The molecule has 3 rings (SSSR count). The van der Waals surface area contributed by atoms with Crippen LogP contribution in [0.1, 0.15) is 22.3 Å². The van der Waals surface area contributed by atoms with Crippen LogP contribution >= 0.6 is 0 Å². The van der Waals surface area contributed by atoms with Gasteiger partial charge in [-0.15, -0.1) is 0 Å². The van der Waals surface area contributed by atoms with Gasteiger partial charge in [0.1, 0.15) is 12.7 Å². The average molecular weight is 343 g/mol. The van der Waals surface area contributed by atoms with E-state index < -0.39 is 6.29 Å². The molecule has 26 heavy (non-hydrogen) atoms. The maximum Gasteiger partial charge on any atom is 0.216 e. The van der Waals surface area contributed by atoms with Gasteiger partial charge in [-0.1, -0.05) is 0 Å². The standard InChI is InChI=1S/C19H17N7/c1-13-7-16(10-21)8-14(2)18(13)24-19-23-11-22-12-26(19)25-17-5-3-15(9-20)4-6-17/h3-8,11-12,19,24-25H,1-2H3. The zero-order chi connectivity index (χ0) is 18.5. The number of hydrazine groups is 1. The van der Waals surface area contributed by atoms with E-state index in [1.54, 1.807) is 23.5 Å². The molecule has 7 nitrogen and oxygen atoms in total. The molecule has 0 spiro atoms. The number of rotatable bonds is 4. The number of nitriles is 2. The Morgan fingerprint density at radius 1 is 1.00 bits per heavy atom. The third-order valence-electron chi connectivity index (χ3n) is 3.94. The Balaban J connectivity index is 1.80. The number of nitrogens with zero attached hydrogens (tertiary/aromatic N) is 5. The normalized spacial score (nSPS) is 15.2. The fourth-order valence-corrected chi connectivity index (χ4v) is 2.69. The highest BCUT2D eigenvalue weighted by Gasteiger charge is 2.19. The molecule has 2 aromatic rings. The molecule has 1 heterocycles. The number of nitrogens with one attached hydrogen (secondary N) is 2. The minimum absolute atomic E-state index is 0.409. The minimum atomic E-state index is -0.409. The van der Waals surface area contributed by atoms with Gasteiger partial charge < -0.3 is 5.32 Å². The SMILES string of the molecule is Cc1cc(C#N)cc(C)c1NC1N=CN=CN1Nc1ccc(C#N)cc1. The lowest BCUT2D eigenvalue weighted by Crippen LogP contribution is -2.44. The van der Waals surface area contributed by atoms with E-state index in [1.807, 2.05) is 38.1 Å². The summed E-state index contributed by atoms with van der Waals surface area (Å²) in [5.41, 5.74) is 8.11. The van der Waals surface area contributed by atoms with Crippen molar-refractivity contribution in [3.8, 4) is 12.1 Å². The van der Waals surface area contributed by atoms with Crippen molar-refractivity contribution >= 4 is 24.1 Å². The molecule has 0 aliphatic carbocycles. The number of benzene rings is 2. The van der Waals surface area contributed by atoms with Crippen LogP contribution < -0.4 is 10.7 Å². The fraction of sp³-hybridized carbons (Fsp3) is 0.158. The quantitative estimate of drug-likeness (QED) is 0.888. The molecule has 2 aromatic carbocycles. The number of aliphatic imine (C=N–C) groups is 2. The minimum Gasteiger partial charge on any atom is -0.345 e. The molecule has 0 saturated heterocycles. The lowest BCUT2D eigenvalue weighted by atomic mass is 10.0. The number of anilines is 2. The lowest BCUT2D eigenvalue weighted by Gasteiger charge is -2.31. The summed E-state index contributed by atoms with van der Waals surface area (Å²) in [6.07, 6.45) is 2.72.